The molecule has 0 saturated heterocycles. The first-order chi connectivity index (χ1) is 7.35. The zero-order valence-electron chi connectivity index (χ0n) is 10.3. The van der Waals surface area contributed by atoms with Crippen molar-refractivity contribution in [1.29, 1.82) is 0 Å². The van der Waals surface area contributed by atoms with Gasteiger partial charge in [-0.15, -0.1) is 0 Å². The molecular formula is C9H22N2O4S. The van der Waals surface area contributed by atoms with E-state index in [9.17, 15) is 8.42 Å². The van der Waals surface area contributed by atoms with Crippen molar-refractivity contribution < 1.29 is 18.3 Å². The lowest BCUT2D eigenvalue weighted by Crippen LogP contribution is -2.47. The van der Waals surface area contributed by atoms with E-state index in [1.54, 1.807) is 13.8 Å². The third-order valence-electron chi connectivity index (χ3n) is 2.27. The second-order valence-electron chi connectivity index (χ2n) is 3.90. The lowest BCUT2D eigenvalue weighted by Gasteiger charge is -2.24. The maximum Gasteiger partial charge on any atom is 0.279 e. The Balaban J connectivity index is 4.52. The van der Waals surface area contributed by atoms with Crippen LogP contribution in [0.15, 0.2) is 0 Å². The van der Waals surface area contributed by atoms with Crippen LogP contribution in [0.2, 0.25) is 0 Å². The molecule has 0 aromatic carbocycles. The first-order valence-corrected chi connectivity index (χ1v) is 6.64. The van der Waals surface area contributed by atoms with Gasteiger partial charge in [-0.25, -0.2) is 0 Å². The van der Waals surface area contributed by atoms with Crippen molar-refractivity contribution in [3.8, 4) is 0 Å². The maximum absolute atomic E-state index is 11.8. The van der Waals surface area contributed by atoms with Crippen molar-refractivity contribution in [2.45, 2.75) is 32.4 Å². The van der Waals surface area contributed by atoms with E-state index in [1.807, 2.05) is 0 Å². The van der Waals surface area contributed by atoms with Crippen LogP contribution in [0, 0.1) is 0 Å². The number of aliphatic hydroxyl groups is 1. The number of hydrogen-bond acceptors (Lipinski definition) is 4. The number of aliphatic hydroxyl groups excluding tert-OH is 1. The van der Waals surface area contributed by atoms with E-state index in [0.29, 0.717) is 6.42 Å². The molecule has 0 bridgehead atoms. The van der Waals surface area contributed by atoms with Gasteiger partial charge in [0.15, 0.2) is 0 Å². The highest BCUT2D eigenvalue weighted by atomic mass is 32.2. The van der Waals surface area contributed by atoms with Gasteiger partial charge in [0, 0.05) is 32.8 Å². The van der Waals surface area contributed by atoms with Crippen molar-refractivity contribution >= 4 is 10.2 Å². The molecular weight excluding hydrogens is 232 g/mol. The second kappa shape index (κ2) is 7.18. The van der Waals surface area contributed by atoms with Gasteiger partial charge in [-0.2, -0.15) is 17.4 Å². The fourth-order valence-electron chi connectivity index (χ4n) is 1.10. The molecule has 0 spiro atoms. The van der Waals surface area contributed by atoms with Crippen LogP contribution in [0.25, 0.3) is 0 Å². The van der Waals surface area contributed by atoms with Crippen molar-refractivity contribution in [1.82, 2.24) is 9.03 Å². The molecule has 98 valence electrons. The van der Waals surface area contributed by atoms with Gasteiger partial charge in [-0.1, -0.05) is 0 Å². The van der Waals surface area contributed by atoms with Crippen LogP contribution in [-0.4, -0.2) is 57.3 Å². The highest BCUT2D eigenvalue weighted by molar-refractivity contribution is 7.87. The average molecular weight is 254 g/mol. The van der Waals surface area contributed by atoms with Crippen LogP contribution >= 0.6 is 0 Å². The minimum Gasteiger partial charge on any atom is -0.396 e. The molecule has 7 heteroatoms. The van der Waals surface area contributed by atoms with E-state index >= 15 is 0 Å². The predicted octanol–water partition coefficient (Wildman–Crippen LogP) is -0.442. The second-order valence-corrected chi connectivity index (χ2v) is 5.66. The summed E-state index contributed by atoms with van der Waals surface area (Å²) in [7, 11) is -0.510. The summed E-state index contributed by atoms with van der Waals surface area (Å²) in [6.45, 7) is 3.74. The quantitative estimate of drug-likeness (QED) is 0.615. The van der Waals surface area contributed by atoms with Gasteiger partial charge < -0.3 is 9.84 Å². The van der Waals surface area contributed by atoms with E-state index in [4.69, 9.17) is 9.84 Å². The van der Waals surface area contributed by atoms with Gasteiger partial charge in [0.1, 0.15) is 0 Å². The van der Waals surface area contributed by atoms with Crippen molar-refractivity contribution in [2.24, 2.45) is 0 Å². The predicted molar refractivity (Wildman–Crippen MR) is 62.3 cm³/mol. The molecule has 0 amide bonds. The van der Waals surface area contributed by atoms with E-state index < -0.39 is 16.3 Å². The lowest BCUT2D eigenvalue weighted by molar-refractivity contribution is 0.157. The number of nitrogens with one attached hydrogen (secondary N) is 1. The zero-order chi connectivity index (χ0) is 12.8. The minimum atomic E-state index is -3.51. The first-order valence-electron chi connectivity index (χ1n) is 5.20. The summed E-state index contributed by atoms with van der Waals surface area (Å²) in [6, 6.07) is -0.518. The zero-order valence-corrected chi connectivity index (χ0v) is 11.1. The Labute approximate surface area is 97.8 Å². The molecule has 0 rings (SSSR count). The van der Waals surface area contributed by atoms with Gasteiger partial charge in [-0.3, -0.25) is 0 Å². The van der Waals surface area contributed by atoms with Crippen LogP contribution in [-0.2, 0) is 14.9 Å². The first kappa shape index (κ1) is 15.8. The molecule has 0 aromatic heterocycles. The third-order valence-corrected chi connectivity index (χ3v) is 4.08. The standard InChI is InChI=1S/C9H22N2O4S/c1-8(2)11(3)16(13,14)10-9(5-6-12)7-15-4/h8-10,12H,5-7H2,1-4H3. The summed E-state index contributed by atoms with van der Waals surface area (Å²) in [4.78, 5) is 0. The Hall–Kier alpha value is -0.210. The topological polar surface area (TPSA) is 78.9 Å². The fraction of sp³-hybridized carbons (Fsp3) is 1.00. The van der Waals surface area contributed by atoms with Crippen molar-refractivity contribution in [2.75, 3.05) is 27.4 Å². The van der Waals surface area contributed by atoms with Crippen LogP contribution < -0.4 is 4.72 Å². The van der Waals surface area contributed by atoms with Crippen LogP contribution in [0.4, 0.5) is 0 Å². The van der Waals surface area contributed by atoms with E-state index in [1.165, 1.54) is 18.5 Å². The summed E-state index contributed by atoms with van der Waals surface area (Å²) in [5, 5.41) is 8.80. The molecule has 0 aliphatic heterocycles. The number of rotatable bonds is 8. The SMILES string of the molecule is COCC(CCO)NS(=O)(=O)N(C)C(C)C. The Morgan fingerprint density at radius 2 is 2.00 bits per heavy atom. The largest absolute Gasteiger partial charge is 0.396 e. The molecule has 0 aromatic rings. The molecule has 16 heavy (non-hydrogen) atoms. The molecule has 0 aliphatic carbocycles. The van der Waals surface area contributed by atoms with Crippen LogP contribution in [0.3, 0.4) is 0 Å². The molecule has 1 unspecified atom stereocenters. The normalized spacial score (nSPS) is 14.7. The average Bonchev–Trinajstić information content (AvgIpc) is 2.16. The van der Waals surface area contributed by atoms with Crippen molar-refractivity contribution in [3.05, 3.63) is 0 Å². The number of methoxy groups -OCH3 is 1. The molecule has 0 radical (unpaired) electrons. The minimum absolute atomic E-state index is 0.0814. The maximum atomic E-state index is 11.8. The van der Waals surface area contributed by atoms with Gasteiger partial charge in [-0.05, 0) is 20.3 Å². The van der Waals surface area contributed by atoms with Gasteiger partial charge >= 0.3 is 0 Å². The summed E-state index contributed by atoms with van der Waals surface area (Å²) in [6.07, 6.45) is 0.332. The van der Waals surface area contributed by atoms with E-state index in [2.05, 4.69) is 4.72 Å². The number of hydrogen-bond donors (Lipinski definition) is 2. The smallest absolute Gasteiger partial charge is 0.279 e. The third kappa shape index (κ3) is 5.22. The Kier molecular flexibility index (Phi) is 7.09. The molecule has 2 N–H and O–H groups in total. The van der Waals surface area contributed by atoms with Gasteiger partial charge in [0.2, 0.25) is 0 Å². The monoisotopic (exact) mass is 254 g/mol. The number of nitrogens with zero attached hydrogens (tertiary/aromatic N) is 1. The molecule has 1 atom stereocenters. The highest BCUT2D eigenvalue weighted by Gasteiger charge is 2.23. The summed E-state index contributed by atoms with van der Waals surface area (Å²) in [5.41, 5.74) is 0. The summed E-state index contributed by atoms with van der Waals surface area (Å²) in [5.74, 6) is 0. The molecule has 0 heterocycles. The Bertz CT molecular complexity index is 273. The Morgan fingerprint density at radius 3 is 2.38 bits per heavy atom. The van der Waals surface area contributed by atoms with Gasteiger partial charge in [0.25, 0.3) is 10.2 Å². The fourth-order valence-corrected chi connectivity index (χ4v) is 2.43. The van der Waals surface area contributed by atoms with E-state index in [-0.39, 0.29) is 19.3 Å². The Morgan fingerprint density at radius 1 is 1.44 bits per heavy atom. The van der Waals surface area contributed by atoms with E-state index in [0.717, 1.165) is 0 Å². The number of ether oxygens (including phenoxy) is 1. The molecule has 0 fully saturated rings. The molecule has 0 saturated carbocycles. The van der Waals surface area contributed by atoms with Crippen LogP contribution in [0.5, 0.6) is 0 Å². The molecule has 0 aliphatic rings. The van der Waals surface area contributed by atoms with Crippen molar-refractivity contribution in [3.63, 3.8) is 0 Å². The lowest BCUT2D eigenvalue weighted by atomic mass is 10.2. The summed E-state index contributed by atoms with van der Waals surface area (Å²) >= 11 is 0. The highest BCUT2D eigenvalue weighted by Crippen LogP contribution is 2.03. The van der Waals surface area contributed by atoms with Gasteiger partial charge in [0.05, 0.1) is 6.61 Å². The molecule has 6 nitrogen and oxygen atoms in total. The van der Waals surface area contributed by atoms with Crippen LogP contribution in [0.1, 0.15) is 20.3 Å². The summed E-state index contributed by atoms with van der Waals surface area (Å²) < 4.78 is 32.2.